The summed E-state index contributed by atoms with van der Waals surface area (Å²) in [6.07, 6.45) is 6.60. The molecular weight excluding hydrogens is 416 g/mol. The van der Waals surface area contributed by atoms with Gasteiger partial charge in [0.2, 0.25) is 5.91 Å². The van der Waals surface area contributed by atoms with Gasteiger partial charge in [0, 0.05) is 52.9 Å². The minimum Gasteiger partial charge on any atom is -0.395 e. The average molecular weight is 435 g/mol. The van der Waals surface area contributed by atoms with Gasteiger partial charge in [-0.1, -0.05) is 23.7 Å². The number of carbonyl (C=O) groups excluding carboxylic acids is 2. The van der Waals surface area contributed by atoms with Crippen LogP contribution in [0.3, 0.4) is 0 Å². The summed E-state index contributed by atoms with van der Waals surface area (Å²) < 4.78 is 1.82. The summed E-state index contributed by atoms with van der Waals surface area (Å²) in [4.78, 5) is 33.8. The van der Waals surface area contributed by atoms with Crippen LogP contribution in [0.15, 0.2) is 67.3 Å². The normalized spacial score (nSPS) is 10.9. The molecule has 0 saturated heterocycles. The highest BCUT2D eigenvalue weighted by atomic mass is 35.5. The molecule has 0 radical (unpaired) electrons. The average Bonchev–Trinajstić information content (AvgIpc) is 3.12. The van der Waals surface area contributed by atoms with E-state index in [1.807, 2.05) is 10.6 Å². The van der Waals surface area contributed by atoms with Gasteiger partial charge in [-0.05, 0) is 35.9 Å². The Hall–Kier alpha value is -3.55. The summed E-state index contributed by atoms with van der Waals surface area (Å²) in [5.74, 6) is -0.194. The van der Waals surface area contributed by atoms with Crippen molar-refractivity contribution in [3.63, 3.8) is 0 Å². The number of nitrogens with zero attached hydrogens (tertiary/aromatic N) is 3. The van der Waals surface area contributed by atoms with Crippen molar-refractivity contribution >= 4 is 40.0 Å². The van der Waals surface area contributed by atoms with E-state index in [1.165, 1.54) is 6.20 Å². The standard InChI is InChI=1S/C23H19ClN4O3/c24-17-3-1-2-15(10-17)11-22(30)27-21-12-16(4-7-26-21)23(31)19-14-28(8-9-29)20-5-6-25-13-18(19)20/h1-7,10,12-14,29H,8-9,11H2,(H,26,27,30). The maximum Gasteiger partial charge on any atom is 0.229 e. The lowest BCUT2D eigenvalue weighted by atomic mass is 10.0. The molecule has 156 valence electrons. The number of benzene rings is 1. The maximum atomic E-state index is 13.2. The van der Waals surface area contributed by atoms with Crippen molar-refractivity contribution in [2.24, 2.45) is 0 Å². The minimum atomic E-state index is -0.261. The number of amides is 1. The molecule has 2 N–H and O–H groups in total. The summed E-state index contributed by atoms with van der Waals surface area (Å²) in [6.45, 7) is 0.326. The summed E-state index contributed by atoms with van der Waals surface area (Å²) >= 11 is 5.96. The lowest BCUT2D eigenvalue weighted by Crippen LogP contribution is -2.15. The van der Waals surface area contributed by atoms with Gasteiger partial charge in [0.15, 0.2) is 5.78 Å². The van der Waals surface area contributed by atoms with Gasteiger partial charge in [0.25, 0.3) is 0 Å². The molecule has 4 aromatic rings. The second kappa shape index (κ2) is 9.07. The number of ketones is 1. The van der Waals surface area contributed by atoms with Gasteiger partial charge in [0.1, 0.15) is 5.82 Å². The number of hydrogen-bond donors (Lipinski definition) is 2. The van der Waals surface area contributed by atoms with E-state index in [0.29, 0.717) is 28.1 Å². The Labute approximate surface area is 183 Å². The molecule has 1 aromatic carbocycles. The third kappa shape index (κ3) is 4.63. The van der Waals surface area contributed by atoms with Crippen molar-refractivity contribution in [3.05, 3.63) is 89.0 Å². The third-order valence-corrected chi connectivity index (χ3v) is 5.05. The van der Waals surface area contributed by atoms with Gasteiger partial charge in [-0.3, -0.25) is 14.6 Å². The number of halogens is 1. The Morgan fingerprint density at radius 1 is 1.13 bits per heavy atom. The van der Waals surface area contributed by atoms with Crippen molar-refractivity contribution in [1.29, 1.82) is 0 Å². The molecule has 0 aliphatic heterocycles. The second-order valence-electron chi connectivity index (χ2n) is 6.97. The van der Waals surface area contributed by atoms with Crippen LogP contribution in [0.4, 0.5) is 5.82 Å². The van der Waals surface area contributed by atoms with Crippen LogP contribution < -0.4 is 5.32 Å². The van der Waals surface area contributed by atoms with Crippen molar-refractivity contribution in [2.45, 2.75) is 13.0 Å². The second-order valence-corrected chi connectivity index (χ2v) is 7.40. The Morgan fingerprint density at radius 3 is 2.81 bits per heavy atom. The minimum absolute atomic E-state index is 0.0439. The first kappa shape index (κ1) is 20.7. The highest BCUT2D eigenvalue weighted by Crippen LogP contribution is 2.24. The molecule has 7 nitrogen and oxygen atoms in total. The zero-order valence-corrected chi connectivity index (χ0v) is 17.2. The van der Waals surface area contributed by atoms with E-state index >= 15 is 0 Å². The number of anilines is 1. The first-order valence-corrected chi connectivity index (χ1v) is 10.0. The molecular formula is C23H19ClN4O3. The number of fused-ring (bicyclic) bond motifs is 1. The van der Waals surface area contributed by atoms with Gasteiger partial charge >= 0.3 is 0 Å². The Kier molecular flexibility index (Phi) is 6.06. The summed E-state index contributed by atoms with van der Waals surface area (Å²) in [7, 11) is 0. The van der Waals surface area contributed by atoms with E-state index in [1.54, 1.807) is 55.0 Å². The molecule has 0 aliphatic carbocycles. The predicted octanol–water partition coefficient (Wildman–Crippen LogP) is 3.49. The van der Waals surface area contributed by atoms with E-state index in [4.69, 9.17) is 11.6 Å². The fraction of sp³-hybridized carbons (Fsp3) is 0.130. The van der Waals surface area contributed by atoms with E-state index in [-0.39, 0.29) is 30.5 Å². The Bertz CT molecular complexity index is 1270. The molecule has 0 fully saturated rings. The van der Waals surface area contributed by atoms with Crippen molar-refractivity contribution in [2.75, 3.05) is 11.9 Å². The molecule has 0 saturated carbocycles. The predicted molar refractivity (Wildman–Crippen MR) is 118 cm³/mol. The lowest BCUT2D eigenvalue weighted by molar-refractivity contribution is -0.115. The smallest absolute Gasteiger partial charge is 0.229 e. The summed E-state index contributed by atoms with van der Waals surface area (Å²) in [6, 6.07) is 12.0. The third-order valence-electron chi connectivity index (χ3n) is 4.81. The number of aliphatic hydroxyl groups is 1. The van der Waals surface area contributed by atoms with E-state index in [2.05, 4.69) is 15.3 Å². The molecule has 0 unspecified atom stereocenters. The number of hydrogen-bond acceptors (Lipinski definition) is 5. The monoisotopic (exact) mass is 434 g/mol. The van der Waals surface area contributed by atoms with E-state index in [0.717, 1.165) is 11.1 Å². The molecule has 0 aliphatic rings. The van der Waals surface area contributed by atoms with Crippen LogP contribution in [0.25, 0.3) is 10.9 Å². The van der Waals surface area contributed by atoms with Crippen LogP contribution in [-0.2, 0) is 17.8 Å². The lowest BCUT2D eigenvalue weighted by Gasteiger charge is -2.07. The maximum absolute atomic E-state index is 13.2. The molecule has 31 heavy (non-hydrogen) atoms. The quantitative estimate of drug-likeness (QED) is 0.434. The molecule has 0 atom stereocenters. The number of aliphatic hydroxyl groups excluding tert-OH is 1. The van der Waals surface area contributed by atoms with Crippen LogP contribution in [0, 0.1) is 0 Å². The molecule has 1 amide bonds. The van der Waals surface area contributed by atoms with Gasteiger partial charge in [0.05, 0.1) is 18.5 Å². The molecule has 0 spiro atoms. The van der Waals surface area contributed by atoms with Crippen LogP contribution in [0.1, 0.15) is 21.5 Å². The first-order chi connectivity index (χ1) is 15.0. The molecule has 0 bridgehead atoms. The first-order valence-electron chi connectivity index (χ1n) is 9.64. The molecule has 3 aromatic heterocycles. The molecule has 8 heteroatoms. The number of nitrogens with one attached hydrogen (secondary N) is 1. The largest absolute Gasteiger partial charge is 0.395 e. The van der Waals surface area contributed by atoms with Crippen LogP contribution in [-0.4, -0.2) is 37.9 Å². The SMILES string of the molecule is O=C(Cc1cccc(Cl)c1)Nc1cc(C(=O)c2cn(CCO)c3ccncc23)ccn1. The van der Waals surface area contributed by atoms with Gasteiger partial charge in [-0.25, -0.2) is 4.98 Å². The van der Waals surface area contributed by atoms with Gasteiger partial charge in [-0.15, -0.1) is 0 Å². The molecule has 3 heterocycles. The Morgan fingerprint density at radius 2 is 2.00 bits per heavy atom. The highest BCUT2D eigenvalue weighted by Gasteiger charge is 2.18. The van der Waals surface area contributed by atoms with Gasteiger partial charge < -0.3 is 15.0 Å². The fourth-order valence-corrected chi connectivity index (χ4v) is 3.64. The zero-order valence-electron chi connectivity index (χ0n) is 16.5. The number of aromatic nitrogens is 3. The number of pyridine rings is 2. The summed E-state index contributed by atoms with van der Waals surface area (Å²) in [5.41, 5.74) is 2.46. The zero-order chi connectivity index (χ0) is 21.8. The molecule has 4 rings (SSSR count). The number of rotatable bonds is 7. The van der Waals surface area contributed by atoms with Crippen LogP contribution in [0.5, 0.6) is 0 Å². The van der Waals surface area contributed by atoms with Crippen LogP contribution >= 0.6 is 11.6 Å². The van der Waals surface area contributed by atoms with Crippen molar-refractivity contribution < 1.29 is 14.7 Å². The van der Waals surface area contributed by atoms with E-state index < -0.39 is 0 Å². The van der Waals surface area contributed by atoms with Crippen molar-refractivity contribution in [1.82, 2.24) is 14.5 Å². The number of carbonyl (C=O) groups is 2. The fourth-order valence-electron chi connectivity index (χ4n) is 3.43. The van der Waals surface area contributed by atoms with E-state index in [9.17, 15) is 14.7 Å². The topological polar surface area (TPSA) is 97.1 Å². The van der Waals surface area contributed by atoms with Crippen molar-refractivity contribution in [3.8, 4) is 0 Å². The van der Waals surface area contributed by atoms with Crippen LogP contribution in [0.2, 0.25) is 5.02 Å². The Balaban J connectivity index is 1.56. The highest BCUT2D eigenvalue weighted by molar-refractivity contribution is 6.30. The van der Waals surface area contributed by atoms with Gasteiger partial charge in [-0.2, -0.15) is 0 Å². The summed E-state index contributed by atoms with van der Waals surface area (Å²) in [5, 5.41) is 13.3.